The minimum absolute atomic E-state index is 0.122. The molecule has 0 saturated carbocycles. The number of nitrogens with one attached hydrogen (secondary N) is 1. The third-order valence-electron chi connectivity index (χ3n) is 4.40. The number of rotatable bonds is 3. The summed E-state index contributed by atoms with van der Waals surface area (Å²) in [5.74, 6) is 0.503. The first-order valence-electron chi connectivity index (χ1n) is 7.47. The van der Waals surface area contributed by atoms with Crippen molar-refractivity contribution in [2.75, 3.05) is 11.9 Å². The van der Waals surface area contributed by atoms with Gasteiger partial charge in [0.1, 0.15) is 6.04 Å². The van der Waals surface area contributed by atoms with Crippen LogP contribution in [-0.4, -0.2) is 18.6 Å². The molecule has 1 aromatic rings. The fraction of sp³-hybridized carbons (Fsp3) is 0.471. The van der Waals surface area contributed by atoms with Gasteiger partial charge in [-0.2, -0.15) is 0 Å². The third kappa shape index (κ3) is 2.01. The SMILES string of the molecule is CCOC(=O)[C@@H]1Nc2c(CC)cccc2[C@@H]2C=CC[C@H]12. The van der Waals surface area contributed by atoms with Crippen LogP contribution in [0.2, 0.25) is 0 Å². The van der Waals surface area contributed by atoms with Crippen LogP contribution in [0, 0.1) is 5.92 Å². The van der Waals surface area contributed by atoms with E-state index in [1.54, 1.807) is 0 Å². The molecular formula is C17H21NO2. The summed E-state index contributed by atoms with van der Waals surface area (Å²) in [6.45, 7) is 4.44. The van der Waals surface area contributed by atoms with Crippen LogP contribution >= 0.6 is 0 Å². The Balaban J connectivity index is 2.01. The van der Waals surface area contributed by atoms with E-state index in [4.69, 9.17) is 4.74 Å². The molecule has 0 saturated heterocycles. The number of esters is 1. The second-order valence-electron chi connectivity index (χ2n) is 5.46. The second-order valence-corrected chi connectivity index (χ2v) is 5.46. The number of ether oxygens (including phenoxy) is 1. The van der Waals surface area contributed by atoms with E-state index >= 15 is 0 Å². The smallest absolute Gasteiger partial charge is 0.328 e. The van der Waals surface area contributed by atoms with Crippen molar-refractivity contribution < 1.29 is 9.53 Å². The van der Waals surface area contributed by atoms with Crippen molar-refractivity contribution in [1.82, 2.24) is 0 Å². The maximum Gasteiger partial charge on any atom is 0.328 e. The Kier molecular flexibility index (Phi) is 3.51. The Morgan fingerprint density at radius 3 is 3.00 bits per heavy atom. The molecule has 3 heteroatoms. The highest BCUT2D eigenvalue weighted by atomic mass is 16.5. The normalized spacial score (nSPS) is 26.6. The number of fused-ring (bicyclic) bond motifs is 3. The number of hydrogen-bond donors (Lipinski definition) is 1. The number of para-hydroxylation sites is 1. The molecule has 3 atom stereocenters. The Morgan fingerprint density at radius 2 is 2.25 bits per heavy atom. The van der Waals surface area contributed by atoms with Gasteiger partial charge >= 0.3 is 5.97 Å². The van der Waals surface area contributed by atoms with E-state index in [-0.39, 0.29) is 17.9 Å². The zero-order valence-corrected chi connectivity index (χ0v) is 12.1. The lowest BCUT2D eigenvalue weighted by molar-refractivity contribution is -0.145. The molecule has 1 aromatic carbocycles. The largest absolute Gasteiger partial charge is 0.464 e. The molecule has 0 bridgehead atoms. The van der Waals surface area contributed by atoms with E-state index in [2.05, 4.69) is 42.6 Å². The Morgan fingerprint density at radius 1 is 1.40 bits per heavy atom. The van der Waals surface area contributed by atoms with Gasteiger partial charge in [-0.1, -0.05) is 37.3 Å². The van der Waals surface area contributed by atoms with Gasteiger partial charge in [0.25, 0.3) is 0 Å². The first kappa shape index (κ1) is 13.2. The molecule has 3 rings (SSSR count). The van der Waals surface area contributed by atoms with Gasteiger partial charge in [-0.15, -0.1) is 0 Å². The summed E-state index contributed by atoms with van der Waals surface area (Å²) >= 11 is 0. The van der Waals surface area contributed by atoms with Crippen LogP contribution in [-0.2, 0) is 16.0 Å². The summed E-state index contributed by atoms with van der Waals surface area (Å²) in [4.78, 5) is 12.2. The van der Waals surface area contributed by atoms with Crippen LogP contribution in [0.5, 0.6) is 0 Å². The Hall–Kier alpha value is -1.77. The molecule has 0 amide bonds. The van der Waals surface area contributed by atoms with Gasteiger partial charge in [0.15, 0.2) is 0 Å². The molecular weight excluding hydrogens is 250 g/mol. The summed E-state index contributed by atoms with van der Waals surface area (Å²) < 4.78 is 5.25. The number of hydrogen-bond acceptors (Lipinski definition) is 3. The molecule has 0 fully saturated rings. The zero-order chi connectivity index (χ0) is 14.1. The fourth-order valence-electron chi connectivity index (χ4n) is 3.45. The average molecular weight is 271 g/mol. The molecule has 20 heavy (non-hydrogen) atoms. The summed E-state index contributed by atoms with van der Waals surface area (Å²) in [6, 6.07) is 6.20. The highest BCUT2D eigenvalue weighted by Gasteiger charge is 2.41. The number of anilines is 1. The second kappa shape index (κ2) is 5.31. The first-order valence-corrected chi connectivity index (χ1v) is 7.47. The van der Waals surface area contributed by atoms with Crippen molar-refractivity contribution in [2.45, 2.75) is 38.6 Å². The van der Waals surface area contributed by atoms with Crippen LogP contribution in [0.15, 0.2) is 30.4 Å². The van der Waals surface area contributed by atoms with Crippen molar-refractivity contribution >= 4 is 11.7 Å². The van der Waals surface area contributed by atoms with Gasteiger partial charge < -0.3 is 10.1 Å². The average Bonchev–Trinajstić information content (AvgIpc) is 2.95. The van der Waals surface area contributed by atoms with Crippen molar-refractivity contribution in [3.05, 3.63) is 41.5 Å². The van der Waals surface area contributed by atoms with Crippen molar-refractivity contribution in [1.29, 1.82) is 0 Å². The number of carbonyl (C=O) groups is 1. The topological polar surface area (TPSA) is 38.3 Å². The van der Waals surface area contributed by atoms with Gasteiger partial charge in [0.05, 0.1) is 6.61 Å². The summed E-state index contributed by atoms with van der Waals surface area (Å²) in [7, 11) is 0. The van der Waals surface area contributed by atoms with Gasteiger partial charge in [0.2, 0.25) is 0 Å². The Bertz CT molecular complexity index is 550. The molecule has 0 radical (unpaired) electrons. The summed E-state index contributed by atoms with van der Waals surface area (Å²) in [5.41, 5.74) is 3.74. The van der Waals surface area contributed by atoms with E-state index in [9.17, 15) is 4.79 Å². The molecule has 1 N–H and O–H groups in total. The fourth-order valence-corrected chi connectivity index (χ4v) is 3.45. The van der Waals surface area contributed by atoms with E-state index in [1.807, 2.05) is 6.92 Å². The number of allylic oxidation sites excluding steroid dienone is 2. The number of benzene rings is 1. The van der Waals surface area contributed by atoms with E-state index in [0.717, 1.165) is 18.5 Å². The van der Waals surface area contributed by atoms with Gasteiger partial charge in [-0.05, 0) is 30.9 Å². The van der Waals surface area contributed by atoms with Gasteiger partial charge in [-0.3, -0.25) is 0 Å². The van der Waals surface area contributed by atoms with E-state index in [0.29, 0.717) is 12.5 Å². The maximum absolute atomic E-state index is 12.2. The third-order valence-corrected chi connectivity index (χ3v) is 4.40. The molecule has 2 aliphatic rings. The minimum Gasteiger partial charge on any atom is -0.464 e. The quantitative estimate of drug-likeness (QED) is 0.677. The lowest BCUT2D eigenvalue weighted by atomic mass is 9.78. The highest BCUT2D eigenvalue weighted by molar-refractivity contribution is 5.83. The summed E-state index contributed by atoms with van der Waals surface area (Å²) in [6.07, 6.45) is 6.34. The minimum atomic E-state index is -0.227. The molecule has 1 aliphatic carbocycles. The predicted octanol–water partition coefficient (Wildman–Crippen LogP) is 3.27. The molecule has 1 heterocycles. The monoisotopic (exact) mass is 271 g/mol. The molecule has 1 aliphatic heterocycles. The molecule has 3 nitrogen and oxygen atoms in total. The van der Waals surface area contributed by atoms with Crippen molar-refractivity contribution in [3.8, 4) is 0 Å². The summed E-state index contributed by atoms with van der Waals surface area (Å²) in [5, 5.41) is 3.46. The lowest BCUT2D eigenvalue weighted by Gasteiger charge is -2.36. The van der Waals surface area contributed by atoms with Crippen LogP contribution in [0.3, 0.4) is 0 Å². The zero-order valence-electron chi connectivity index (χ0n) is 12.1. The van der Waals surface area contributed by atoms with Gasteiger partial charge in [0, 0.05) is 17.5 Å². The number of carbonyl (C=O) groups excluding carboxylic acids is 1. The Labute approximate surface area is 120 Å². The van der Waals surface area contributed by atoms with E-state index in [1.165, 1.54) is 11.1 Å². The molecule has 0 aromatic heterocycles. The maximum atomic E-state index is 12.2. The van der Waals surface area contributed by atoms with Crippen LogP contribution in [0.25, 0.3) is 0 Å². The van der Waals surface area contributed by atoms with Crippen LogP contribution in [0.4, 0.5) is 5.69 Å². The van der Waals surface area contributed by atoms with E-state index < -0.39 is 0 Å². The van der Waals surface area contributed by atoms with Gasteiger partial charge in [-0.25, -0.2) is 4.79 Å². The molecule has 0 spiro atoms. The lowest BCUT2D eigenvalue weighted by Crippen LogP contribution is -2.43. The van der Waals surface area contributed by atoms with Crippen LogP contribution in [0.1, 0.15) is 37.3 Å². The first-order chi connectivity index (χ1) is 9.76. The van der Waals surface area contributed by atoms with Crippen LogP contribution < -0.4 is 5.32 Å². The van der Waals surface area contributed by atoms with Crippen molar-refractivity contribution in [2.24, 2.45) is 5.92 Å². The van der Waals surface area contributed by atoms with Crippen molar-refractivity contribution in [3.63, 3.8) is 0 Å². The number of aryl methyl sites for hydroxylation is 1. The molecule has 0 unspecified atom stereocenters. The predicted molar refractivity (Wildman–Crippen MR) is 79.9 cm³/mol. The molecule has 106 valence electrons. The standard InChI is InChI=1S/C17H21NO2/c1-3-11-7-5-9-13-12-8-6-10-14(12)16(18-15(11)13)17(19)20-4-2/h5-9,12,14,16,18H,3-4,10H2,1-2H3/t12-,14-,16+/m0/s1. The highest BCUT2D eigenvalue weighted by Crippen LogP contribution is 2.45.